The first-order chi connectivity index (χ1) is 12.0. The maximum absolute atomic E-state index is 12.7. The van der Waals surface area contributed by atoms with Crippen molar-refractivity contribution in [3.05, 3.63) is 29.3 Å². The highest BCUT2D eigenvalue weighted by Crippen LogP contribution is 2.39. The van der Waals surface area contributed by atoms with Crippen molar-refractivity contribution >= 4 is 11.7 Å². The molecule has 5 heteroatoms. The summed E-state index contributed by atoms with van der Waals surface area (Å²) in [7, 11) is 1.58. The van der Waals surface area contributed by atoms with Crippen LogP contribution < -0.4 is 15.8 Å². The molecule has 136 valence electrons. The van der Waals surface area contributed by atoms with Crippen LogP contribution in [0.5, 0.6) is 5.75 Å². The number of Topliss-reactive ketones (excluding diaryl/α,β-unsaturated/α-hetero) is 1. The number of ether oxygens (including phenoxy) is 1. The number of methoxy groups -OCH3 is 1. The lowest BCUT2D eigenvalue weighted by Crippen LogP contribution is -2.54. The van der Waals surface area contributed by atoms with E-state index in [9.17, 15) is 9.59 Å². The Kier molecular flexibility index (Phi) is 5.42. The molecule has 25 heavy (non-hydrogen) atoms. The van der Waals surface area contributed by atoms with Crippen molar-refractivity contribution in [1.29, 1.82) is 0 Å². The Morgan fingerprint density at radius 2 is 1.92 bits per heavy atom. The fourth-order valence-electron chi connectivity index (χ4n) is 4.57. The highest BCUT2D eigenvalue weighted by Gasteiger charge is 2.39. The van der Waals surface area contributed by atoms with Gasteiger partial charge in [0.25, 0.3) is 0 Å². The number of carbonyl (C=O) groups excluding carboxylic acids is 2. The number of hydrogen-bond acceptors (Lipinski definition) is 4. The zero-order valence-corrected chi connectivity index (χ0v) is 15.1. The topological polar surface area (TPSA) is 81.4 Å². The molecule has 2 unspecified atom stereocenters. The maximum atomic E-state index is 12.7. The van der Waals surface area contributed by atoms with Crippen LogP contribution in [-0.2, 0) is 11.2 Å². The number of amides is 1. The molecule has 0 radical (unpaired) electrons. The number of carbonyl (C=O) groups is 2. The third-order valence-electron chi connectivity index (χ3n) is 5.74. The van der Waals surface area contributed by atoms with Crippen molar-refractivity contribution in [1.82, 2.24) is 5.32 Å². The van der Waals surface area contributed by atoms with E-state index in [0.29, 0.717) is 23.1 Å². The summed E-state index contributed by atoms with van der Waals surface area (Å²) in [5.74, 6) is 1.62. The van der Waals surface area contributed by atoms with Gasteiger partial charge in [-0.05, 0) is 62.6 Å². The van der Waals surface area contributed by atoms with Gasteiger partial charge in [-0.1, -0.05) is 6.42 Å². The van der Waals surface area contributed by atoms with Crippen LogP contribution in [0.15, 0.2) is 18.2 Å². The Bertz CT molecular complexity index is 644. The summed E-state index contributed by atoms with van der Waals surface area (Å²) in [6.45, 7) is 1.53. The SMILES string of the molecule is COc1ccc(C(C)=O)cc1CC(=O)NC1C2CCCC1CC(N)C2. The van der Waals surface area contributed by atoms with Gasteiger partial charge in [0.15, 0.2) is 5.78 Å². The van der Waals surface area contributed by atoms with E-state index in [1.165, 1.54) is 13.3 Å². The minimum absolute atomic E-state index is 0.00336. The number of ketones is 1. The largest absolute Gasteiger partial charge is 0.496 e. The number of fused-ring (bicyclic) bond motifs is 2. The molecule has 2 atom stereocenters. The van der Waals surface area contributed by atoms with Crippen LogP contribution in [-0.4, -0.2) is 30.9 Å². The second-order valence-electron chi connectivity index (χ2n) is 7.54. The minimum Gasteiger partial charge on any atom is -0.496 e. The summed E-state index contributed by atoms with van der Waals surface area (Å²) in [5, 5.41) is 3.25. The molecule has 2 aliphatic carbocycles. The van der Waals surface area contributed by atoms with Gasteiger partial charge in [-0.25, -0.2) is 0 Å². The van der Waals surface area contributed by atoms with E-state index in [0.717, 1.165) is 31.2 Å². The molecule has 2 fully saturated rings. The van der Waals surface area contributed by atoms with Crippen LogP contribution in [0.1, 0.15) is 54.9 Å². The molecular formula is C20H28N2O3. The normalized spacial score (nSPS) is 28.3. The van der Waals surface area contributed by atoms with Gasteiger partial charge in [-0.15, -0.1) is 0 Å². The minimum atomic E-state index is -0.0138. The van der Waals surface area contributed by atoms with Crippen molar-refractivity contribution in [2.45, 2.75) is 57.5 Å². The van der Waals surface area contributed by atoms with Gasteiger partial charge in [0.1, 0.15) is 5.75 Å². The summed E-state index contributed by atoms with van der Waals surface area (Å²) in [4.78, 5) is 24.3. The second-order valence-corrected chi connectivity index (χ2v) is 7.54. The van der Waals surface area contributed by atoms with Crippen LogP contribution in [0.2, 0.25) is 0 Å². The number of benzene rings is 1. The van der Waals surface area contributed by atoms with E-state index in [1.807, 2.05) is 0 Å². The smallest absolute Gasteiger partial charge is 0.224 e. The van der Waals surface area contributed by atoms with Gasteiger partial charge >= 0.3 is 0 Å². The van der Waals surface area contributed by atoms with Crippen molar-refractivity contribution < 1.29 is 14.3 Å². The Morgan fingerprint density at radius 3 is 2.52 bits per heavy atom. The number of nitrogens with one attached hydrogen (secondary N) is 1. The van der Waals surface area contributed by atoms with Crippen molar-refractivity contribution in [2.24, 2.45) is 17.6 Å². The zero-order valence-electron chi connectivity index (χ0n) is 15.1. The van der Waals surface area contributed by atoms with Crippen LogP contribution in [0.3, 0.4) is 0 Å². The molecule has 1 aromatic carbocycles. The lowest BCUT2D eigenvalue weighted by atomic mass is 9.67. The van der Waals surface area contributed by atoms with Crippen LogP contribution in [0.4, 0.5) is 0 Å². The van der Waals surface area contributed by atoms with Crippen LogP contribution >= 0.6 is 0 Å². The highest BCUT2D eigenvalue weighted by molar-refractivity contribution is 5.94. The number of rotatable bonds is 5. The number of nitrogens with two attached hydrogens (primary N) is 1. The van der Waals surface area contributed by atoms with E-state index in [1.54, 1.807) is 25.3 Å². The third-order valence-corrected chi connectivity index (χ3v) is 5.74. The quantitative estimate of drug-likeness (QED) is 0.804. The third kappa shape index (κ3) is 4.03. The van der Waals surface area contributed by atoms with Gasteiger partial charge in [0.05, 0.1) is 13.5 Å². The van der Waals surface area contributed by atoms with Gasteiger partial charge in [0.2, 0.25) is 5.91 Å². The summed E-state index contributed by atoms with van der Waals surface area (Å²) < 4.78 is 5.35. The Labute approximate surface area is 149 Å². The first kappa shape index (κ1) is 17.9. The highest BCUT2D eigenvalue weighted by atomic mass is 16.5. The Hall–Kier alpha value is -1.88. The summed E-state index contributed by atoms with van der Waals surface area (Å²) >= 11 is 0. The molecule has 2 bridgehead atoms. The fourth-order valence-corrected chi connectivity index (χ4v) is 4.57. The second kappa shape index (κ2) is 7.56. The molecule has 3 N–H and O–H groups in total. The predicted molar refractivity (Wildman–Crippen MR) is 96.7 cm³/mol. The molecule has 1 amide bonds. The van der Waals surface area contributed by atoms with Gasteiger partial charge in [0, 0.05) is 23.2 Å². The van der Waals surface area contributed by atoms with E-state index in [2.05, 4.69) is 5.32 Å². The molecule has 2 saturated carbocycles. The monoisotopic (exact) mass is 344 g/mol. The molecule has 0 aromatic heterocycles. The Morgan fingerprint density at radius 1 is 1.24 bits per heavy atom. The summed E-state index contributed by atoms with van der Waals surface area (Å²) in [5.41, 5.74) is 7.52. The fraction of sp³-hybridized carbons (Fsp3) is 0.600. The van der Waals surface area contributed by atoms with Crippen molar-refractivity contribution in [3.8, 4) is 5.75 Å². The van der Waals surface area contributed by atoms with E-state index >= 15 is 0 Å². The summed E-state index contributed by atoms with van der Waals surface area (Å²) in [6, 6.07) is 5.76. The lowest BCUT2D eigenvalue weighted by molar-refractivity contribution is -0.122. The first-order valence-electron chi connectivity index (χ1n) is 9.20. The van der Waals surface area contributed by atoms with Gasteiger partial charge in [-0.2, -0.15) is 0 Å². The van der Waals surface area contributed by atoms with Crippen molar-refractivity contribution in [2.75, 3.05) is 7.11 Å². The average molecular weight is 344 g/mol. The van der Waals surface area contributed by atoms with Crippen LogP contribution in [0, 0.1) is 11.8 Å². The predicted octanol–water partition coefficient (Wildman–Crippen LogP) is 2.46. The average Bonchev–Trinajstić information content (AvgIpc) is 2.55. The standard InChI is InChI=1S/C20H28N2O3/c1-12(23)13-6-7-18(25-2)16(8-13)11-19(24)22-20-14-4-3-5-15(20)10-17(21)9-14/h6-8,14-15,17,20H,3-5,9-11,21H2,1-2H3,(H,22,24). The molecule has 0 aliphatic heterocycles. The molecule has 0 heterocycles. The van der Waals surface area contributed by atoms with E-state index in [4.69, 9.17) is 10.5 Å². The van der Waals surface area contributed by atoms with Crippen molar-refractivity contribution in [3.63, 3.8) is 0 Å². The molecule has 0 saturated heterocycles. The van der Waals surface area contributed by atoms with Gasteiger partial charge in [-0.3, -0.25) is 9.59 Å². The molecule has 3 rings (SSSR count). The molecule has 1 aromatic rings. The maximum Gasteiger partial charge on any atom is 0.224 e. The zero-order chi connectivity index (χ0) is 18.0. The molecule has 5 nitrogen and oxygen atoms in total. The Balaban J connectivity index is 1.70. The van der Waals surface area contributed by atoms with E-state index < -0.39 is 0 Å². The van der Waals surface area contributed by atoms with Gasteiger partial charge < -0.3 is 15.8 Å². The lowest BCUT2D eigenvalue weighted by Gasteiger charge is -2.45. The molecule has 0 spiro atoms. The molecular weight excluding hydrogens is 316 g/mol. The van der Waals surface area contributed by atoms with E-state index in [-0.39, 0.29) is 30.2 Å². The summed E-state index contributed by atoms with van der Waals surface area (Å²) in [6.07, 6.45) is 5.78. The van der Waals surface area contributed by atoms with Crippen LogP contribution in [0.25, 0.3) is 0 Å². The first-order valence-corrected chi connectivity index (χ1v) is 9.20. The number of hydrogen-bond donors (Lipinski definition) is 2. The molecule has 2 aliphatic rings.